The molecule has 0 aliphatic rings. The fraction of sp³-hybridized carbons (Fsp3) is 0.632. The van der Waals surface area contributed by atoms with Gasteiger partial charge in [0.25, 0.3) is 0 Å². The molecule has 0 aliphatic carbocycles. The molecule has 1 rings (SSSR count). The fourth-order valence-corrected chi connectivity index (χ4v) is 2.13. The molecular formula is C19H32N2O2. The lowest BCUT2D eigenvalue weighted by Gasteiger charge is -2.10. The third-order valence-electron chi connectivity index (χ3n) is 3.49. The van der Waals surface area contributed by atoms with Gasteiger partial charge in [-0.1, -0.05) is 46.5 Å². The summed E-state index contributed by atoms with van der Waals surface area (Å²) in [6, 6.07) is 7.73. The molecule has 0 saturated heterocycles. The number of carbonyl (C=O) groups excluding carboxylic acids is 1. The minimum atomic E-state index is 0.0422. The highest BCUT2D eigenvalue weighted by atomic mass is 16.5. The predicted molar refractivity (Wildman–Crippen MR) is 97.0 cm³/mol. The lowest BCUT2D eigenvalue weighted by molar-refractivity contribution is -0.119. The Hall–Kier alpha value is -1.71. The maximum absolute atomic E-state index is 11.8. The first-order chi connectivity index (χ1) is 11.1. The van der Waals surface area contributed by atoms with Crippen molar-refractivity contribution in [1.82, 2.24) is 5.32 Å². The molecule has 4 nitrogen and oxygen atoms in total. The summed E-state index contributed by atoms with van der Waals surface area (Å²) < 4.78 is 5.63. The highest BCUT2D eigenvalue weighted by molar-refractivity contribution is 5.80. The average Bonchev–Trinajstić information content (AvgIpc) is 2.55. The Bertz CT molecular complexity index is 430. The van der Waals surface area contributed by atoms with Crippen LogP contribution < -0.4 is 15.4 Å². The van der Waals surface area contributed by atoms with Gasteiger partial charge in [0.2, 0.25) is 5.91 Å². The number of amides is 1. The number of unbranched alkanes of at least 4 members (excludes halogenated alkanes) is 4. The molecule has 1 aromatic carbocycles. The molecule has 0 unspecified atom stereocenters. The molecule has 1 aromatic rings. The fourth-order valence-electron chi connectivity index (χ4n) is 2.13. The van der Waals surface area contributed by atoms with E-state index < -0.39 is 0 Å². The summed E-state index contributed by atoms with van der Waals surface area (Å²) in [6.07, 6.45) is 6.05. The Labute approximate surface area is 141 Å². The van der Waals surface area contributed by atoms with Crippen LogP contribution in [-0.2, 0) is 4.79 Å². The monoisotopic (exact) mass is 320 g/mol. The third kappa shape index (κ3) is 9.82. The summed E-state index contributed by atoms with van der Waals surface area (Å²) in [4.78, 5) is 11.8. The first-order valence-corrected chi connectivity index (χ1v) is 8.85. The zero-order valence-electron chi connectivity index (χ0n) is 14.9. The molecule has 0 bridgehead atoms. The van der Waals surface area contributed by atoms with Crippen LogP contribution >= 0.6 is 0 Å². The smallest absolute Gasteiger partial charge is 0.239 e. The van der Waals surface area contributed by atoms with E-state index in [1.807, 2.05) is 24.3 Å². The van der Waals surface area contributed by atoms with Gasteiger partial charge in [0, 0.05) is 12.2 Å². The van der Waals surface area contributed by atoms with Gasteiger partial charge in [-0.3, -0.25) is 4.79 Å². The molecular weight excluding hydrogens is 288 g/mol. The second-order valence-electron chi connectivity index (χ2n) is 6.35. The van der Waals surface area contributed by atoms with Crippen LogP contribution in [0.4, 0.5) is 5.69 Å². The van der Waals surface area contributed by atoms with Crippen LogP contribution in [-0.4, -0.2) is 25.6 Å². The number of rotatable bonds is 12. The number of ether oxygens (including phenoxy) is 1. The number of nitrogens with one attached hydrogen (secondary N) is 2. The number of hydrogen-bond donors (Lipinski definition) is 2. The van der Waals surface area contributed by atoms with E-state index in [1.54, 1.807) is 0 Å². The predicted octanol–water partition coefficient (Wildman–Crippen LogP) is 4.22. The first kappa shape index (κ1) is 19.3. The van der Waals surface area contributed by atoms with E-state index in [-0.39, 0.29) is 5.91 Å². The minimum Gasteiger partial charge on any atom is -0.493 e. The molecule has 0 saturated carbocycles. The first-order valence-electron chi connectivity index (χ1n) is 8.85. The third-order valence-corrected chi connectivity index (χ3v) is 3.49. The Morgan fingerprint density at radius 2 is 1.78 bits per heavy atom. The van der Waals surface area contributed by atoms with Gasteiger partial charge in [-0.15, -0.1) is 0 Å². The van der Waals surface area contributed by atoms with Gasteiger partial charge in [0.05, 0.1) is 13.2 Å². The van der Waals surface area contributed by atoms with Crippen LogP contribution in [0.3, 0.4) is 0 Å². The summed E-state index contributed by atoms with van der Waals surface area (Å²) in [5.74, 6) is 1.42. The van der Waals surface area contributed by atoms with Crippen molar-refractivity contribution in [2.75, 3.05) is 25.0 Å². The van der Waals surface area contributed by atoms with Gasteiger partial charge in [-0.25, -0.2) is 0 Å². The Balaban J connectivity index is 2.15. The van der Waals surface area contributed by atoms with Gasteiger partial charge >= 0.3 is 0 Å². The number of anilines is 1. The van der Waals surface area contributed by atoms with Crippen molar-refractivity contribution in [2.24, 2.45) is 5.92 Å². The molecule has 23 heavy (non-hydrogen) atoms. The molecule has 0 heterocycles. The number of hydrogen-bond acceptors (Lipinski definition) is 3. The Morgan fingerprint density at radius 3 is 2.43 bits per heavy atom. The highest BCUT2D eigenvalue weighted by Crippen LogP contribution is 2.16. The van der Waals surface area contributed by atoms with Crippen LogP contribution in [0.15, 0.2) is 24.3 Å². The molecule has 2 N–H and O–H groups in total. The van der Waals surface area contributed by atoms with Gasteiger partial charge in [0.15, 0.2) is 0 Å². The summed E-state index contributed by atoms with van der Waals surface area (Å²) in [7, 11) is 0. The molecule has 0 aliphatic heterocycles. The van der Waals surface area contributed by atoms with E-state index in [0.29, 0.717) is 19.1 Å². The van der Waals surface area contributed by atoms with Gasteiger partial charge in [-0.05, 0) is 36.6 Å². The van der Waals surface area contributed by atoms with Crippen LogP contribution in [0.25, 0.3) is 0 Å². The average molecular weight is 320 g/mol. The normalized spacial score (nSPS) is 10.6. The van der Waals surface area contributed by atoms with Crippen molar-refractivity contribution in [3.63, 3.8) is 0 Å². The van der Waals surface area contributed by atoms with E-state index in [9.17, 15) is 4.79 Å². The lowest BCUT2D eigenvalue weighted by atomic mass is 10.1. The van der Waals surface area contributed by atoms with Crippen molar-refractivity contribution in [2.45, 2.75) is 52.9 Å². The van der Waals surface area contributed by atoms with E-state index in [2.05, 4.69) is 31.4 Å². The summed E-state index contributed by atoms with van der Waals surface area (Å²) >= 11 is 0. The van der Waals surface area contributed by atoms with Gasteiger partial charge in [-0.2, -0.15) is 0 Å². The molecule has 0 aromatic heterocycles. The lowest BCUT2D eigenvalue weighted by Crippen LogP contribution is -2.30. The summed E-state index contributed by atoms with van der Waals surface area (Å²) in [6.45, 7) is 8.24. The zero-order chi connectivity index (χ0) is 16.9. The quantitative estimate of drug-likeness (QED) is 0.567. The summed E-state index contributed by atoms with van der Waals surface area (Å²) in [5, 5.41) is 6.08. The van der Waals surface area contributed by atoms with Crippen LogP contribution in [0.2, 0.25) is 0 Å². The maximum atomic E-state index is 11.8. The maximum Gasteiger partial charge on any atom is 0.239 e. The molecule has 0 atom stereocenters. The van der Waals surface area contributed by atoms with Crippen molar-refractivity contribution in [3.8, 4) is 5.75 Å². The van der Waals surface area contributed by atoms with Crippen molar-refractivity contribution in [1.29, 1.82) is 0 Å². The van der Waals surface area contributed by atoms with Crippen LogP contribution in [0.1, 0.15) is 52.9 Å². The molecule has 1 amide bonds. The standard InChI is InChI=1S/C19H32N2O2/c1-4-5-6-7-8-13-20-19(22)14-21-17-9-11-18(12-10-17)23-15-16(2)3/h9-12,16,21H,4-8,13-15H2,1-3H3,(H,20,22). The van der Waals surface area contributed by atoms with E-state index >= 15 is 0 Å². The highest BCUT2D eigenvalue weighted by Gasteiger charge is 2.01. The van der Waals surface area contributed by atoms with E-state index in [0.717, 1.165) is 24.4 Å². The minimum absolute atomic E-state index is 0.0422. The van der Waals surface area contributed by atoms with Gasteiger partial charge < -0.3 is 15.4 Å². The Kier molecular flexibility index (Phi) is 9.92. The molecule has 130 valence electrons. The second kappa shape index (κ2) is 11.8. The zero-order valence-corrected chi connectivity index (χ0v) is 14.9. The largest absolute Gasteiger partial charge is 0.493 e. The van der Waals surface area contributed by atoms with E-state index in [4.69, 9.17) is 4.74 Å². The number of benzene rings is 1. The van der Waals surface area contributed by atoms with Gasteiger partial charge in [0.1, 0.15) is 5.75 Å². The molecule has 4 heteroatoms. The molecule has 0 radical (unpaired) electrons. The van der Waals surface area contributed by atoms with Crippen LogP contribution in [0, 0.1) is 5.92 Å². The number of carbonyl (C=O) groups is 1. The van der Waals surface area contributed by atoms with Crippen LogP contribution in [0.5, 0.6) is 5.75 Å². The van der Waals surface area contributed by atoms with Crippen molar-refractivity contribution < 1.29 is 9.53 Å². The molecule has 0 spiro atoms. The summed E-state index contributed by atoms with van der Waals surface area (Å²) in [5.41, 5.74) is 0.931. The van der Waals surface area contributed by atoms with Crippen molar-refractivity contribution in [3.05, 3.63) is 24.3 Å². The Morgan fingerprint density at radius 1 is 1.09 bits per heavy atom. The SMILES string of the molecule is CCCCCCCNC(=O)CNc1ccc(OCC(C)C)cc1. The van der Waals surface area contributed by atoms with Crippen molar-refractivity contribution >= 4 is 11.6 Å². The molecule has 0 fully saturated rings. The second-order valence-corrected chi connectivity index (χ2v) is 6.35. The topological polar surface area (TPSA) is 50.4 Å². The van der Waals surface area contributed by atoms with E-state index in [1.165, 1.54) is 25.7 Å².